The van der Waals surface area contributed by atoms with Crippen molar-refractivity contribution in [1.29, 1.82) is 5.41 Å². The Morgan fingerprint density at radius 3 is 2.32 bits per heavy atom. The second-order valence-corrected chi connectivity index (χ2v) is 11.6. The number of carbonyl (C=O) groups is 1. The second-order valence-electron chi connectivity index (χ2n) is 10.4. The molecule has 0 aromatic heterocycles. The molecule has 1 aliphatic heterocycles. The number of carbonyl (C=O) groups excluding carboxylic acids is 1. The highest BCUT2D eigenvalue weighted by Gasteiger charge is 2.34. The number of hydrogen-bond donors (Lipinski definition) is 4. The first-order chi connectivity index (χ1) is 19.6. The standard InChI is InChI=1S/C32H34N4O4S/c1-20-25-15-16-32(2,40-30(25)27-6-4-3-5-26(27)29(20)38)17-18-41-24-13-9-22(10-14-24)36(31(34)35)21-7-11-23(12-8-21)39-19-28(33)37/h3-14,38H,15-19H2,1-2H3,(H2,33,37)(H3,34,35). The molecule has 1 aliphatic rings. The molecule has 0 radical (unpaired) electrons. The Morgan fingerprint density at radius 2 is 1.68 bits per heavy atom. The topological polar surface area (TPSA) is 135 Å². The van der Waals surface area contributed by atoms with Crippen LogP contribution in [0.5, 0.6) is 17.2 Å². The summed E-state index contributed by atoms with van der Waals surface area (Å²) < 4.78 is 12.0. The Bertz CT molecular complexity index is 1590. The Balaban J connectivity index is 1.23. The van der Waals surface area contributed by atoms with E-state index in [-0.39, 0.29) is 18.2 Å². The van der Waals surface area contributed by atoms with E-state index in [0.29, 0.717) is 17.2 Å². The minimum absolute atomic E-state index is 0.116. The number of benzene rings is 4. The molecule has 0 fully saturated rings. The van der Waals surface area contributed by atoms with Crippen LogP contribution in [0, 0.1) is 12.3 Å². The lowest BCUT2D eigenvalue weighted by Crippen LogP contribution is -2.37. The lowest BCUT2D eigenvalue weighted by molar-refractivity contribution is -0.119. The van der Waals surface area contributed by atoms with Gasteiger partial charge in [-0.15, -0.1) is 11.8 Å². The first kappa shape index (κ1) is 28.2. The van der Waals surface area contributed by atoms with E-state index in [2.05, 4.69) is 6.92 Å². The van der Waals surface area contributed by atoms with E-state index in [9.17, 15) is 9.90 Å². The summed E-state index contributed by atoms with van der Waals surface area (Å²) >= 11 is 1.76. The number of hydrogen-bond acceptors (Lipinski definition) is 6. The number of ether oxygens (including phenoxy) is 2. The summed E-state index contributed by atoms with van der Waals surface area (Å²) in [5.41, 5.74) is 14.2. The lowest BCUT2D eigenvalue weighted by Gasteiger charge is -2.37. The van der Waals surface area contributed by atoms with Crippen LogP contribution in [0.2, 0.25) is 0 Å². The van der Waals surface area contributed by atoms with Gasteiger partial charge in [-0.2, -0.15) is 0 Å². The zero-order valence-electron chi connectivity index (χ0n) is 23.1. The van der Waals surface area contributed by atoms with Gasteiger partial charge < -0.3 is 26.0 Å². The molecule has 212 valence electrons. The van der Waals surface area contributed by atoms with Gasteiger partial charge in [-0.3, -0.25) is 15.1 Å². The van der Waals surface area contributed by atoms with Crippen LogP contribution in [0.25, 0.3) is 10.8 Å². The summed E-state index contributed by atoms with van der Waals surface area (Å²) in [6.07, 6.45) is 2.63. The van der Waals surface area contributed by atoms with Gasteiger partial charge >= 0.3 is 0 Å². The van der Waals surface area contributed by atoms with Crippen LogP contribution in [-0.2, 0) is 11.2 Å². The van der Waals surface area contributed by atoms with Gasteiger partial charge in [-0.1, -0.05) is 24.3 Å². The number of rotatable bonds is 9. The predicted octanol–water partition coefficient (Wildman–Crippen LogP) is 6.02. The van der Waals surface area contributed by atoms with Crippen LogP contribution in [0.1, 0.15) is 30.9 Å². The molecule has 6 N–H and O–H groups in total. The summed E-state index contributed by atoms with van der Waals surface area (Å²) in [6.45, 7) is 3.94. The van der Waals surface area contributed by atoms with Crippen molar-refractivity contribution in [2.45, 2.75) is 43.6 Å². The number of primary amides is 1. The van der Waals surface area contributed by atoms with E-state index < -0.39 is 5.91 Å². The maximum Gasteiger partial charge on any atom is 0.255 e. The molecule has 1 heterocycles. The number of thioether (sulfide) groups is 1. The van der Waals surface area contributed by atoms with Gasteiger partial charge in [0.15, 0.2) is 12.6 Å². The van der Waals surface area contributed by atoms with Crippen LogP contribution in [-0.4, -0.2) is 34.9 Å². The van der Waals surface area contributed by atoms with Crippen LogP contribution >= 0.6 is 11.8 Å². The zero-order valence-corrected chi connectivity index (χ0v) is 24.0. The molecule has 0 saturated carbocycles. The number of phenols is 1. The minimum Gasteiger partial charge on any atom is -0.507 e. The van der Waals surface area contributed by atoms with Gasteiger partial charge in [0.1, 0.15) is 22.8 Å². The molecule has 1 unspecified atom stereocenters. The molecule has 0 bridgehead atoms. The van der Waals surface area contributed by atoms with Gasteiger partial charge in [0.2, 0.25) is 0 Å². The molecule has 0 spiro atoms. The van der Waals surface area contributed by atoms with Crippen molar-refractivity contribution in [3.8, 4) is 17.2 Å². The monoisotopic (exact) mass is 570 g/mol. The number of nitrogens with one attached hydrogen (secondary N) is 1. The van der Waals surface area contributed by atoms with Gasteiger partial charge in [0.05, 0.1) is 0 Å². The lowest BCUT2D eigenvalue weighted by atomic mass is 9.86. The highest BCUT2D eigenvalue weighted by Crippen LogP contribution is 2.46. The molecule has 9 heteroatoms. The third-order valence-electron chi connectivity index (χ3n) is 7.47. The van der Waals surface area contributed by atoms with Crippen LogP contribution in [0.4, 0.5) is 11.4 Å². The minimum atomic E-state index is -0.548. The van der Waals surface area contributed by atoms with E-state index in [4.69, 9.17) is 26.4 Å². The van der Waals surface area contributed by atoms with Gasteiger partial charge in [-0.05, 0) is 87.2 Å². The molecule has 4 aromatic carbocycles. The molecule has 4 aromatic rings. The smallest absolute Gasteiger partial charge is 0.255 e. The van der Waals surface area contributed by atoms with E-state index >= 15 is 0 Å². The average Bonchev–Trinajstić information content (AvgIpc) is 2.96. The van der Waals surface area contributed by atoms with Crippen molar-refractivity contribution < 1.29 is 19.4 Å². The van der Waals surface area contributed by atoms with Crippen molar-refractivity contribution in [2.24, 2.45) is 11.5 Å². The summed E-state index contributed by atoms with van der Waals surface area (Å²) in [4.78, 5) is 13.7. The maximum absolute atomic E-state index is 10.9. The van der Waals surface area contributed by atoms with Crippen molar-refractivity contribution >= 4 is 45.8 Å². The predicted molar refractivity (Wildman–Crippen MR) is 165 cm³/mol. The normalized spacial score (nSPS) is 16.0. The summed E-state index contributed by atoms with van der Waals surface area (Å²) in [5.74, 6) is 1.96. The van der Waals surface area contributed by atoms with Gasteiger partial charge in [0.25, 0.3) is 5.91 Å². The number of nitrogens with zero attached hydrogens (tertiary/aromatic N) is 1. The highest BCUT2D eigenvalue weighted by molar-refractivity contribution is 7.99. The summed E-state index contributed by atoms with van der Waals surface area (Å²) in [6, 6.07) is 22.8. The van der Waals surface area contributed by atoms with Crippen molar-refractivity contribution in [1.82, 2.24) is 0 Å². The zero-order chi connectivity index (χ0) is 29.1. The number of fused-ring (bicyclic) bond motifs is 3. The fourth-order valence-electron chi connectivity index (χ4n) is 5.20. The molecule has 8 nitrogen and oxygen atoms in total. The van der Waals surface area contributed by atoms with Crippen molar-refractivity contribution in [3.05, 3.63) is 83.9 Å². The molecule has 1 amide bonds. The average molecular weight is 571 g/mol. The summed E-state index contributed by atoms with van der Waals surface area (Å²) in [7, 11) is 0. The first-order valence-corrected chi connectivity index (χ1v) is 14.4. The highest BCUT2D eigenvalue weighted by atomic mass is 32.2. The number of phenolic OH excluding ortho intramolecular Hbond substituents is 1. The molecule has 41 heavy (non-hydrogen) atoms. The van der Waals surface area contributed by atoms with Crippen LogP contribution in [0.3, 0.4) is 0 Å². The molecular formula is C32H34N4O4S. The number of amides is 1. The largest absolute Gasteiger partial charge is 0.507 e. The second kappa shape index (κ2) is 11.6. The first-order valence-electron chi connectivity index (χ1n) is 13.5. The Morgan fingerprint density at radius 1 is 1.05 bits per heavy atom. The number of nitrogens with two attached hydrogens (primary N) is 2. The van der Waals surface area contributed by atoms with Crippen molar-refractivity contribution in [2.75, 3.05) is 17.3 Å². The van der Waals surface area contributed by atoms with E-state index in [1.807, 2.05) is 55.5 Å². The third-order valence-corrected chi connectivity index (χ3v) is 8.49. The van der Waals surface area contributed by atoms with Crippen molar-refractivity contribution in [3.63, 3.8) is 0 Å². The third kappa shape index (κ3) is 6.05. The van der Waals surface area contributed by atoms with Gasteiger partial charge in [-0.25, -0.2) is 0 Å². The van der Waals surface area contributed by atoms with E-state index in [1.54, 1.807) is 40.9 Å². The van der Waals surface area contributed by atoms with Gasteiger partial charge in [0, 0.05) is 38.4 Å². The molecule has 0 saturated heterocycles. The summed E-state index contributed by atoms with van der Waals surface area (Å²) in [5, 5.41) is 20.6. The number of guanidine groups is 1. The Labute approximate surface area is 243 Å². The van der Waals surface area contributed by atoms with Crippen LogP contribution in [0.15, 0.2) is 77.7 Å². The fourth-order valence-corrected chi connectivity index (χ4v) is 6.29. The quantitative estimate of drug-likeness (QED) is 0.110. The maximum atomic E-state index is 10.9. The Hall–Kier alpha value is -4.37. The Kier molecular flexibility index (Phi) is 7.99. The SMILES string of the molecule is Cc1c2c(c3ccccc3c1O)OC(C)(CCSc1ccc(N(C(=N)N)c3ccc(OCC(N)=O)cc3)cc1)CC2. The molecule has 0 aliphatic carbocycles. The molecular weight excluding hydrogens is 536 g/mol. The van der Waals surface area contributed by atoms with E-state index in [1.165, 1.54) is 0 Å². The fraction of sp³-hybridized carbons (Fsp3) is 0.250. The van der Waals surface area contributed by atoms with E-state index in [0.717, 1.165) is 63.2 Å². The van der Waals surface area contributed by atoms with Crippen LogP contribution < -0.4 is 25.8 Å². The molecule has 5 rings (SSSR count). The number of anilines is 2. The molecule has 1 atom stereocenters. The number of aromatic hydroxyl groups is 1.